The third kappa shape index (κ3) is 2.74. The lowest BCUT2D eigenvalue weighted by atomic mass is 10.2. The monoisotopic (exact) mass is 281 g/mol. The van der Waals surface area contributed by atoms with Crippen LogP contribution < -0.4 is 10.6 Å². The zero-order valence-electron chi connectivity index (χ0n) is 12.2. The second-order valence-electron chi connectivity index (χ2n) is 5.43. The van der Waals surface area contributed by atoms with Gasteiger partial charge < -0.3 is 15.5 Å². The van der Waals surface area contributed by atoms with Crippen LogP contribution in [-0.2, 0) is 7.05 Å². The summed E-state index contributed by atoms with van der Waals surface area (Å²) in [6, 6.07) is 0.426. The number of hydrogen-bond donors (Lipinski definition) is 1. The molecule has 0 aromatic carbocycles. The Morgan fingerprint density at radius 1 is 1.37 bits per heavy atom. The fourth-order valence-corrected chi connectivity index (χ4v) is 3.19. The summed E-state index contributed by atoms with van der Waals surface area (Å²) in [6.45, 7) is 7.39. The number of thiocarbonyl (C=S) groups is 1. The lowest BCUT2D eigenvalue weighted by molar-refractivity contribution is 0.336. The van der Waals surface area contributed by atoms with Crippen molar-refractivity contribution in [3.63, 3.8) is 0 Å². The van der Waals surface area contributed by atoms with Crippen LogP contribution in [0.15, 0.2) is 0 Å². The molecule has 0 aliphatic carbocycles. The molecule has 2 rings (SSSR count). The van der Waals surface area contributed by atoms with Crippen LogP contribution in [0.25, 0.3) is 0 Å². The fourth-order valence-electron chi connectivity index (χ4n) is 2.95. The minimum absolute atomic E-state index is 0.426. The molecule has 0 bridgehead atoms. The molecule has 1 aromatic heterocycles. The third-order valence-electron chi connectivity index (χ3n) is 3.76. The van der Waals surface area contributed by atoms with Crippen molar-refractivity contribution < 1.29 is 0 Å². The smallest absolute Gasteiger partial charge is 0.137 e. The topological polar surface area (TPSA) is 50.3 Å². The largest absolute Gasteiger partial charge is 0.389 e. The minimum atomic E-state index is 0.426. The molecular weight excluding hydrogens is 258 g/mol. The Kier molecular flexibility index (Phi) is 4.10. The Labute approximate surface area is 120 Å². The van der Waals surface area contributed by atoms with Crippen LogP contribution in [0, 0.1) is 6.92 Å². The molecule has 1 unspecified atom stereocenters. The van der Waals surface area contributed by atoms with E-state index in [2.05, 4.69) is 28.9 Å². The van der Waals surface area contributed by atoms with E-state index in [1.165, 1.54) is 0 Å². The Morgan fingerprint density at radius 2 is 2.05 bits per heavy atom. The molecule has 2 N–H and O–H groups in total. The average molecular weight is 281 g/mol. The Hall–Kier alpha value is -1.14. The van der Waals surface area contributed by atoms with Gasteiger partial charge in [0.1, 0.15) is 10.8 Å². The van der Waals surface area contributed by atoms with Gasteiger partial charge in [-0.1, -0.05) is 12.2 Å². The van der Waals surface area contributed by atoms with Crippen LogP contribution >= 0.6 is 12.2 Å². The Morgan fingerprint density at radius 3 is 2.68 bits per heavy atom. The molecule has 5 nitrogen and oxygen atoms in total. The number of anilines is 1. The van der Waals surface area contributed by atoms with Crippen LogP contribution in [0.2, 0.25) is 0 Å². The van der Waals surface area contributed by atoms with Gasteiger partial charge in [-0.15, -0.1) is 0 Å². The van der Waals surface area contributed by atoms with Crippen molar-refractivity contribution in [3.8, 4) is 0 Å². The fraction of sp³-hybridized carbons (Fsp3) is 0.692. The van der Waals surface area contributed by atoms with Crippen LogP contribution in [0.5, 0.6) is 0 Å². The summed E-state index contributed by atoms with van der Waals surface area (Å²) in [5.41, 5.74) is 7.72. The second kappa shape index (κ2) is 5.46. The van der Waals surface area contributed by atoms with Crippen molar-refractivity contribution in [2.24, 2.45) is 12.8 Å². The molecule has 1 fully saturated rings. The number of aryl methyl sites for hydroxylation is 2. The lowest BCUT2D eigenvalue weighted by Crippen LogP contribution is -2.40. The Bertz CT molecular complexity index is 482. The standard InChI is InChI=1S/C13H23N5S/c1-9-8-16(3)6-5-7-18(9)13-11(12(14)19)10(2)15-17(13)4/h9H,5-8H2,1-4H3,(H2,14,19). The van der Waals surface area contributed by atoms with Crippen LogP contribution in [0.1, 0.15) is 24.6 Å². The molecule has 1 aliphatic rings. The molecular formula is C13H23N5S. The lowest BCUT2D eigenvalue weighted by Gasteiger charge is -2.30. The van der Waals surface area contributed by atoms with Gasteiger partial charge in [-0.25, -0.2) is 0 Å². The first kappa shape index (κ1) is 14.3. The van der Waals surface area contributed by atoms with Gasteiger partial charge in [-0.3, -0.25) is 4.68 Å². The van der Waals surface area contributed by atoms with Crippen LogP contribution in [0.3, 0.4) is 0 Å². The number of rotatable bonds is 2. The molecule has 6 heteroatoms. The highest BCUT2D eigenvalue weighted by atomic mass is 32.1. The second-order valence-corrected chi connectivity index (χ2v) is 5.87. The van der Waals surface area contributed by atoms with Gasteiger partial charge in [-0.2, -0.15) is 5.10 Å². The van der Waals surface area contributed by atoms with Crippen molar-refractivity contribution >= 4 is 23.0 Å². The van der Waals surface area contributed by atoms with E-state index in [0.29, 0.717) is 11.0 Å². The summed E-state index contributed by atoms with van der Waals surface area (Å²) in [5.74, 6) is 1.06. The predicted octanol–water partition coefficient (Wildman–Crippen LogP) is 0.893. The molecule has 1 saturated heterocycles. The predicted molar refractivity (Wildman–Crippen MR) is 82.8 cm³/mol. The zero-order chi connectivity index (χ0) is 14.2. The number of likely N-dealkylation sites (N-methyl/N-ethyl adjacent to an activating group) is 1. The molecule has 0 radical (unpaired) electrons. The van der Waals surface area contributed by atoms with E-state index in [4.69, 9.17) is 18.0 Å². The minimum Gasteiger partial charge on any atom is -0.389 e. The number of nitrogens with two attached hydrogens (primary N) is 1. The van der Waals surface area contributed by atoms with E-state index in [1.54, 1.807) is 0 Å². The van der Waals surface area contributed by atoms with Crippen molar-refractivity contribution in [2.45, 2.75) is 26.3 Å². The van der Waals surface area contributed by atoms with Gasteiger partial charge in [0.2, 0.25) is 0 Å². The highest BCUT2D eigenvalue weighted by Gasteiger charge is 2.26. The average Bonchev–Trinajstić information content (AvgIpc) is 2.48. The molecule has 106 valence electrons. The summed E-state index contributed by atoms with van der Waals surface area (Å²) in [6.07, 6.45) is 1.14. The molecule has 19 heavy (non-hydrogen) atoms. The van der Waals surface area contributed by atoms with E-state index >= 15 is 0 Å². The third-order valence-corrected chi connectivity index (χ3v) is 3.96. The maximum atomic E-state index is 5.89. The van der Waals surface area contributed by atoms with E-state index in [0.717, 1.165) is 43.1 Å². The molecule has 0 spiro atoms. The highest BCUT2D eigenvalue weighted by molar-refractivity contribution is 7.80. The summed E-state index contributed by atoms with van der Waals surface area (Å²) >= 11 is 5.20. The zero-order valence-corrected chi connectivity index (χ0v) is 13.0. The number of aromatic nitrogens is 2. The first-order valence-electron chi connectivity index (χ1n) is 6.70. The maximum Gasteiger partial charge on any atom is 0.137 e. The van der Waals surface area contributed by atoms with Gasteiger partial charge in [0.05, 0.1) is 11.3 Å². The SMILES string of the molecule is Cc1nn(C)c(N2CCCN(C)CC2C)c1C(N)=S. The molecule has 1 aromatic rings. The summed E-state index contributed by atoms with van der Waals surface area (Å²) < 4.78 is 1.91. The van der Waals surface area contributed by atoms with E-state index < -0.39 is 0 Å². The summed E-state index contributed by atoms with van der Waals surface area (Å²) in [5, 5.41) is 4.49. The first-order valence-corrected chi connectivity index (χ1v) is 7.11. The van der Waals surface area contributed by atoms with Crippen LogP contribution in [-0.4, -0.2) is 52.4 Å². The normalized spacial score (nSPS) is 21.5. The van der Waals surface area contributed by atoms with Gasteiger partial charge >= 0.3 is 0 Å². The van der Waals surface area contributed by atoms with Gasteiger partial charge in [0.25, 0.3) is 0 Å². The Balaban J connectivity index is 2.42. The van der Waals surface area contributed by atoms with Crippen molar-refractivity contribution in [2.75, 3.05) is 31.6 Å². The van der Waals surface area contributed by atoms with Gasteiger partial charge in [-0.05, 0) is 33.9 Å². The molecule has 2 heterocycles. The van der Waals surface area contributed by atoms with E-state index in [9.17, 15) is 0 Å². The van der Waals surface area contributed by atoms with E-state index in [1.807, 2.05) is 18.7 Å². The first-order chi connectivity index (χ1) is 8.91. The van der Waals surface area contributed by atoms with Crippen molar-refractivity contribution in [3.05, 3.63) is 11.3 Å². The van der Waals surface area contributed by atoms with Crippen molar-refractivity contribution in [1.82, 2.24) is 14.7 Å². The van der Waals surface area contributed by atoms with Crippen molar-refractivity contribution in [1.29, 1.82) is 0 Å². The number of nitrogens with zero attached hydrogens (tertiary/aromatic N) is 4. The van der Waals surface area contributed by atoms with Gasteiger partial charge in [0, 0.05) is 26.2 Å². The molecule has 0 saturated carbocycles. The maximum absolute atomic E-state index is 5.89. The molecule has 1 atom stereocenters. The van der Waals surface area contributed by atoms with E-state index in [-0.39, 0.29) is 0 Å². The molecule has 0 amide bonds. The summed E-state index contributed by atoms with van der Waals surface area (Å²) in [7, 11) is 4.13. The quantitative estimate of drug-likeness (QED) is 0.816. The summed E-state index contributed by atoms with van der Waals surface area (Å²) in [4.78, 5) is 5.19. The molecule has 1 aliphatic heterocycles. The highest BCUT2D eigenvalue weighted by Crippen LogP contribution is 2.26. The van der Waals surface area contributed by atoms with Gasteiger partial charge in [0.15, 0.2) is 0 Å². The number of hydrogen-bond acceptors (Lipinski definition) is 4. The van der Waals surface area contributed by atoms with Crippen LogP contribution in [0.4, 0.5) is 5.82 Å².